The summed E-state index contributed by atoms with van der Waals surface area (Å²) in [5.74, 6) is 0.686. The molecule has 0 aromatic heterocycles. The first kappa shape index (κ1) is 12.4. The minimum Gasteiger partial charge on any atom is -0.316 e. The SMILES string of the molecule is Fc1cccc(C2CNCCC2c2ccccc2)c1. The van der Waals surface area contributed by atoms with Gasteiger partial charge >= 0.3 is 0 Å². The van der Waals surface area contributed by atoms with E-state index in [2.05, 4.69) is 29.6 Å². The molecule has 1 nitrogen and oxygen atoms in total. The first-order valence-electron chi connectivity index (χ1n) is 6.86. The Morgan fingerprint density at radius 3 is 2.47 bits per heavy atom. The summed E-state index contributed by atoms with van der Waals surface area (Å²) in [6.07, 6.45) is 1.10. The van der Waals surface area contributed by atoms with Crippen molar-refractivity contribution in [2.24, 2.45) is 0 Å². The van der Waals surface area contributed by atoms with Crippen LogP contribution in [0.1, 0.15) is 29.4 Å². The third-order valence-corrected chi connectivity index (χ3v) is 3.99. The summed E-state index contributed by atoms with van der Waals surface area (Å²) in [5, 5.41) is 3.43. The van der Waals surface area contributed by atoms with Crippen LogP contribution in [-0.2, 0) is 0 Å². The highest BCUT2D eigenvalue weighted by Crippen LogP contribution is 2.37. The van der Waals surface area contributed by atoms with E-state index in [0.717, 1.165) is 25.1 Å². The fourth-order valence-corrected chi connectivity index (χ4v) is 3.05. The Morgan fingerprint density at radius 2 is 1.68 bits per heavy atom. The number of halogens is 1. The van der Waals surface area contributed by atoms with Gasteiger partial charge in [-0.05, 0) is 42.1 Å². The third-order valence-electron chi connectivity index (χ3n) is 3.99. The maximum atomic E-state index is 13.4. The van der Waals surface area contributed by atoms with E-state index in [1.807, 2.05) is 12.1 Å². The van der Waals surface area contributed by atoms with E-state index in [1.165, 1.54) is 11.6 Å². The van der Waals surface area contributed by atoms with Crippen molar-refractivity contribution in [3.63, 3.8) is 0 Å². The molecule has 1 heterocycles. The lowest BCUT2D eigenvalue weighted by molar-refractivity contribution is 0.403. The lowest BCUT2D eigenvalue weighted by atomic mass is 9.77. The van der Waals surface area contributed by atoms with E-state index in [9.17, 15) is 4.39 Å². The monoisotopic (exact) mass is 255 g/mol. The van der Waals surface area contributed by atoms with E-state index in [1.54, 1.807) is 12.1 Å². The summed E-state index contributed by atoms with van der Waals surface area (Å²) in [5.41, 5.74) is 2.46. The van der Waals surface area contributed by atoms with Crippen molar-refractivity contribution in [2.45, 2.75) is 18.3 Å². The Bertz CT molecular complexity index is 538. The van der Waals surface area contributed by atoms with Crippen LogP contribution in [0.15, 0.2) is 54.6 Å². The second kappa shape index (κ2) is 5.54. The molecule has 1 N–H and O–H groups in total. The van der Waals surface area contributed by atoms with E-state index >= 15 is 0 Å². The van der Waals surface area contributed by atoms with Gasteiger partial charge in [0.05, 0.1) is 0 Å². The van der Waals surface area contributed by atoms with Crippen LogP contribution in [0.4, 0.5) is 4.39 Å². The molecule has 19 heavy (non-hydrogen) atoms. The van der Waals surface area contributed by atoms with Gasteiger partial charge in [-0.2, -0.15) is 0 Å². The molecular formula is C17H18FN. The predicted molar refractivity (Wildman–Crippen MR) is 75.8 cm³/mol. The third kappa shape index (κ3) is 2.69. The van der Waals surface area contributed by atoms with Crippen LogP contribution in [0.3, 0.4) is 0 Å². The van der Waals surface area contributed by atoms with Gasteiger partial charge in [0.2, 0.25) is 0 Å². The van der Waals surface area contributed by atoms with Crippen LogP contribution in [0.25, 0.3) is 0 Å². The largest absolute Gasteiger partial charge is 0.316 e. The van der Waals surface area contributed by atoms with Crippen molar-refractivity contribution in [3.05, 3.63) is 71.5 Å². The average molecular weight is 255 g/mol. The van der Waals surface area contributed by atoms with Gasteiger partial charge in [0.15, 0.2) is 0 Å². The molecule has 0 saturated carbocycles. The molecule has 98 valence electrons. The summed E-state index contributed by atoms with van der Waals surface area (Å²) in [6.45, 7) is 1.95. The Kier molecular flexibility index (Phi) is 3.60. The van der Waals surface area contributed by atoms with E-state index in [-0.39, 0.29) is 5.82 Å². The topological polar surface area (TPSA) is 12.0 Å². The van der Waals surface area contributed by atoms with Crippen molar-refractivity contribution >= 4 is 0 Å². The van der Waals surface area contributed by atoms with Crippen molar-refractivity contribution in [1.82, 2.24) is 5.32 Å². The minimum absolute atomic E-state index is 0.144. The highest BCUT2D eigenvalue weighted by atomic mass is 19.1. The molecule has 2 unspecified atom stereocenters. The Labute approximate surface area is 113 Å². The molecule has 1 aliphatic heterocycles. The zero-order chi connectivity index (χ0) is 13.1. The van der Waals surface area contributed by atoms with Crippen molar-refractivity contribution in [3.8, 4) is 0 Å². The normalized spacial score (nSPS) is 23.2. The maximum absolute atomic E-state index is 13.4. The van der Waals surface area contributed by atoms with Crippen molar-refractivity contribution < 1.29 is 4.39 Å². The van der Waals surface area contributed by atoms with Crippen LogP contribution in [0.2, 0.25) is 0 Å². The number of benzene rings is 2. The van der Waals surface area contributed by atoms with Crippen LogP contribution < -0.4 is 5.32 Å². The van der Waals surface area contributed by atoms with Gasteiger partial charge in [0, 0.05) is 12.5 Å². The maximum Gasteiger partial charge on any atom is 0.123 e. The van der Waals surface area contributed by atoms with E-state index in [4.69, 9.17) is 0 Å². The molecule has 0 amide bonds. The standard InChI is InChI=1S/C17H18FN/c18-15-8-4-7-14(11-15)17-12-19-10-9-16(17)13-5-2-1-3-6-13/h1-8,11,16-17,19H,9-10,12H2. The fourth-order valence-electron chi connectivity index (χ4n) is 3.05. The molecule has 2 aromatic carbocycles. The summed E-state index contributed by atoms with van der Waals surface area (Å²) in [4.78, 5) is 0. The van der Waals surface area contributed by atoms with Gasteiger partial charge in [0.1, 0.15) is 5.82 Å². The molecule has 1 aliphatic rings. The number of nitrogens with one attached hydrogen (secondary N) is 1. The second-order valence-corrected chi connectivity index (χ2v) is 5.17. The molecule has 2 aromatic rings. The second-order valence-electron chi connectivity index (χ2n) is 5.17. The first-order valence-corrected chi connectivity index (χ1v) is 6.86. The molecule has 0 spiro atoms. The summed E-state index contributed by atoms with van der Waals surface area (Å²) >= 11 is 0. The zero-order valence-electron chi connectivity index (χ0n) is 10.9. The summed E-state index contributed by atoms with van der Waals surface area (Å²) in [7, 11) is 0. The lowest BCUT2D eigenvalue weighted by Gasteiger charge is -2.33. The molecule has 3 rings (SSSR count). The van der Waals surface area contributed by atoms with E-state index < -0.39 is 0 Å². The van der Waals surface area contributed by atoms with Gasteiger partial charge in [-0.1, -0.05) is 42.5 Å². The van der Waals surface area contributed by atoms with Gasteiger partial charge in [-0.15, -0.1) is 0 Å². The zero-order valence-corrected chi connectivity index (χ0v) is 10.9. The number of hydrogen-bond donors (Lipinski definition) is 1. The van der Waals surface area contributed by atoms with Crippen molar-refractivity contribution in [2.75, 3.05) is 13.1 Å². The first-order chi connectivity index (χ1) is 9.34. The van der Waals surface area contributed by atoms with Gasteiger partial charge in [-0.25, -0.2) is 4.39 Å². The van der Waals surface area contributed by atoms with Crippen molar-refractivity contribution in [1.29, 1.82) is 0 Å². The van der Waals surface area contributed by atoms with Gasteiger partial charge in [-0.3, -0.25) is 0 Å². The van der Waals surface area contributed by atoms with E-state index in [0.29, 0.717) is 11.8 Å². The fraction of sp³-hybridized carbons (Fsp3) is 0.294. The number of rotatable bonds is 2. The van der Waals surface area contributed by atoms with Gasteiger partial charge in [0.25, 0.3) is 0 Å². The van der Waals surface area contributed by atoms with Crippen LogP contribution in [-0.4, -0.2) is 13.1 Å². The Morgan fingerprint density at radius 1 is 0.895 bits per heavy atom. The quantitative estimate of drug-likeness (QED) is 0.863. The van der Waals surface area contributed by atoms with Crippen LogP contribution in [0, 0.1) is 5.82 Å². The number of hydrogen-bond acceptors (Lipinski definition) is 1. The number of piperidine rings is 1. The molecule has 0 radical (unpaired) electrons. The average Bonchev–Trinajstić information content (AvgIpc) is 2.48. The van der Waals surface area contributed by atoms with Gasteiger partial charge < -0.3 is 5.32 Å². The van der Waals surface area contributed by atoms with Crippen LogP contribution in [0.5, 0.6) is 0 Å². The highest BCUT2D eigenvalue weighted by Gasteiger charge is 2.27. The smallest absolute Gasteiger partial charge is 0.123 e. The Balaban J connectivity index is 1.93. The van der Waals surface area contributed by atoms with Crippen LogP contribution >= 0.6 is 0 Å². The predicted octanol–water partition coefficient (Wildman–Crippen LogP) is 3.69. The molecule has 2 heteroatoms. The summed E-state index contributed by atoms with van der Waals surface area (Å²) in [6, 6.07) is 17.6. The summed E-state index contributed by atoms with van der Waals surface area (Å²) < 4.78 is 13.4. The molecule has 1 saturated heterocycles. The molecular weight excluding hydrogens is 237 g/mol. The Hall–Kier alpha value is -1.67. The highest BCUT2D eigenvalue weighted by molar-refractivity contribution is 5.30. The molecule has 0 aliphatic carbocycles. The molecule has 2 atom stereocenters. The lowest BCUT2D eigenvalue weighted by Crippen LogP contribution is -2.34. The minimum atomic E-state index is -0.144. The molecule has 0 bridgehead atoms. The molecule has 1 fully saturated rings.